The van der Waals surface area contributed by atoms with Crippen LogP contribution < -0.4 is 4.90 Å². The van der Waals surface area contributed by atoms with E-state index in [1.54, 1.807) is 0 Å². The van der Waals surface area contributed by atoms with Crippen LogP contribution in [0.25, 0.3) is 0 Å². The van der Waals surface area contributed by atoms with E-state index in [2.05, 4.69) is 4.90 Å². The summed E-state index contributed by atoms with van der Waals surface area (Å²) in [5, 5.41) is 17.9. The van der Waals surface area contributed by atoms with Gasteiger partial charge in [0.2, 0.25) is 0 Å². The lowest BCUT2D eigenvalue weighted by molar-refractivity contribution is 0.282. The molecule has 0 unspecified atom stereocenters. The van der Waals surface area contributed by atoms with Crippen molar-refractivity contribution in [2.24, 2.45) is 0 Å². The molecule has 0 saturated carbocycles. The summed E-state index contributed by atoms with van der Waals surface area (Å²) in [6, 6.07) is 6.02. The molecule has 0 aliphatic carbocycles. The summed E-state index contributed by atoms with van der Waals surface area (Å²) in [6.45, 7) is 1.98. The van der Waals surface area contributed by atoms with Crippen molar-refractivity contribution in [3.8, 4) is 0 Å². The monoisotopic (exact) mass is 193 g/mol. The molecule has 1 aromatic rings. The molecule has 0 fully saturated rings. The van der Waals surface area contributed by atoms with E-state index in [0.717, 1.165) is 18.5 Å². The summed E-state index contributed by atoms with van der Waals surface area (Å²) in [4.78, 5) is 2.18. The molecule has 1 heterocycles. The van der Waals surface area contributed by atoms with Gasteiger partial charge >= 0.3 is 0 Å². The first-order valence-electron chi connectivity index (χ1n) is 4.93. The third kappa shape index (κ3) is 1.61. The number of β-amino-alcohol motifs (C(OH)–C–C–N with tert-alkyl or cyclic N) is 1. The number of aliphatic hydroxyl groups is 2. The summed E-state index contributed by atoms with van der Waals surface area (Å²) in [7, 11) is 0. The number of rotatable bonds is 3. The molecule has 0 atom stereocenters. The molecule has 3 heteroatoms. The molecule has 0 aromatic heterocycles. The normalized spacial score (nSPS) is 14.6. The van der Waals surface area contributed by atoms with Gasteiger partial charge in [-0.25, -0.2) is 0 Å². The second-order valence-corrected chi connectivity index (χ2v) is 3.58. The van der Waals surface area contributed by atoms with Crippen molar-refractivity contribution in [3.05, 3.63) is 29.3 Å². The Hall–Kier alpha value is -1.06. The van der Waals surface area contributed by atoms with Gasteiger partial charge in [0.05, 0.1) is 13.2 Å². The van der Waals surface area contributed by atoms with Gasteiger partial charge in [0.25, 0.3) is 0 Å². The molecule has 2 N–H and O–H groups in total. The van der Waals surface area contributed by atoms with Gasteiger partial charge in [0.15, 0.2) is 0 Å². The fourth-order valence-electron chi connectivity index (χ4n) is 1.97. The Morgan fingerprint density at radius 2 is 2.14 bits per heavy atom. The fourth-order valence-corrected chi connectivity index (χ4v) is 1.97. The number of hydrogen-bond acceptors (Lipinski definition) is 3. The topological polar surface area (TPSA) is 43.7 Å². The molecule has 1 aliphatic heterocycles. The number of benzene rings is 1. The van der Waals surface area contributed by atoms with Crippen molar-refractivity contribution >= 4 is 5.69 Å². The van der Waals surface area contributed by atoms with Crippen LogP contribution in [-0.2, 0) is 13.0 Å². The van der Waals surface area contributed by atoms with Crippen molar-refractivity contribution in [3.63, 3.8) is 0 Å². The van der Waals surface area contributed by atoms with Crippen molar-refractivity contribution in [2.45, 2.75) is 13.0 Å². The Bertz CT molecular complexity index is 325. The Balaban J connectivity index is 2.24. The van der Waals surface area contributed by atoms with Gasteiger partial charge < -0.3 is 15.1 Å². The molecule has 0 saturated heterocycles. The van der Waals surface area contributed by atoms with Gasteiger partial charge in [-0.1, -0.05) is 12.1 Å². The van der Waals surface area contributed by atoms with Crippen LogP contribution in [0.3, 0.4) is 0 Å². The lowest BCUT2D eigenvalue weighted by Gasteiger charge is -2.17. The number of fused-ring (bicyclic) bond motifs is 1. The summed E-state index contributed by atoms with van der Waals surface area (Å²) in [6.07, 6.45) is 1.02. The lowest BCUT2D eigenvalue weighted by atomic mass is 10.1. The second kappa shape index (κ2) is 3.98. The molecule has 1 aromatic carbocycles. The minimum atomic E-state index is 0.104. The molecule has 0 radical (unpaired) electrons. The van der Waals surface area contributed by atoms with E-state index in [-0.39, 0.29) is 13.2 Å². The maximum atomic E-state index is 8.98. The van der Waals surface area contributed by atoms with Crippen LogP contribution in [0.4, 0.5) is 5.69 Å². The smallest absolute Gasteiger partial charge is 0.0681 e. The average molecular weight is 193 g/mol. The molecule has 0 spiro atoms. The molecule has 0 bridgehead atoms. The highest BCUT2D eigenvalue weighted by Crippen LogP contribution is 2.28. The van der Waals surface area contributed by atoms with Crippen molar-refractivity contribution in [2.75, 3.05) is 24.6 Å². The van der Waals surface area contributed by atoms with Crippen molar-refractivity contribution in [1.29, 1.82) is 0 Å². The highest BCUT2D eigenvalue weighted by Gasteiger charge is 2.18. The number of nitrogens with zero attached hydrogens (tertiary/aromatic N) is 1. The largest absolute Gasteiger partial charge is 0.395 e. The van der Waals surface area contributed by atoms with Crippen LogP contribution in [0.2, 0.25) is 0 Å². The number of hydrogen-bond donors (Lipinski definition) is 2. The van der Waals surface area contributed by atoms with Crippen molar-refractivity contribution in [1.82, 2.24) is 0 Å². The molecule has 1 aliphatic rings. The minimum Gasteiger partial charge on any atom is -0.395 e. The predicted octanol–water partition coefficient (Wildman–Crippen LogP) is 0.534. The third-order valence-electron chi connectivity index (χ3n) is 2.69. The van der Waals surface area contributed by atoms with Crippen molar-refractivity contribution < 1.29 is 10.2 Å². The first-order chi connectivity index (χ1) is 6.85. The predicted molar refractivity (Wildman–Crippen MR) is 55.4 cm³/mol. The van der Waals surface area contributed by atoms with Crippen LogP contribution >= 0.6 is 0 Å². The summed E-state index contributed by atoms with van der Waals surface area (Å²) < 4.78 is 0. The van der Waals surface area contributed by atoms with Gasteiger partial charge in [-0.2, -0.15) is 0 Å². The first kappa shape index (κ1) is 9.49. The van der Waals surface area contributed by atoms with E-state index in [0.29, 0.717) is 6.54 Å². The first-order valence-corrected chi connectivity index (χ1v) is 4.93. The van der Waals surface area contributed by atoms with Crippen LogP contribution in [0.1, 0.15) is 11.1 Å². The van der Waals surface area contributed by atoms with E-state index in [1.807, 2.05) is 18.2 Å². The fraction of sp³-hybridized carbons (Fsp3) is 0.455. The summed E-state index contributed by atoms with van der Waals surface area (Å²) in [5.41, 5.74) is 3.45. The summed E-state index contributed by atoms with van der Waals surface area (Å²) in [5.74, 6) is 0. The van der Waals surface area contributed by atoms with Gasteiger partial charge in [-0.15, -0.1) is 0 Å². The van der Waals surface area contributed by atoms with Gasteiger partial charge in [0.1, 0.15) is 0 Å². The molecule has 14 heavy (non-hydrogen) atoms. The zero-order valence-corrected chi connectivity index (χ0v) is 8.11. The highest BCUT2D eigenvalue weighted by molar-refractivity contribution is 5.59. The Kier molecular flexibility index (Phi) is 2.70. The Labute approximate surface area is 83.6 Å². The maximum Gasteiger partial charge on any atom is 0.0681 e. The Morgan fingerprint density at radius 1 is 1.29 bits per heavy atom. The number of anilines is 1. The zero-order valence-electron chi connectivity index (χ0n) is 8.11. The summed E-state index contributed by atoms with van der Waals surface area (Å²) >= 11 is 0. The van der Waals surface area contributed by atoms with Crippen LogP contribution in [-0.4, -0.2) is 29.9 Å². The number of aliphatic hydroxyl groups excluding tert-OH is 2. The molecular formula is C11H15NO2. The molecule has 76 valence electrons. The lowest BCUT2D eigenvalue weighted by Crippen LogP contribution is -2.23. The Morgan fingerprint density at radius 3 is 2.86 bits per heavy atom. The van der Waals surface area contributed by atoms with Crippen LogP contribution in [0.5, 0.6) is 0 Å². The van der Waals surface area contributed by atoms with E-state index in [1.165, 1.54) is 11.3 Å². The van der Waals surface area contributed by atoms with E-state index >= 15 is 0 Å². The van der Waals surface area contributed by atoms with Gasteiger partial charge in [-0.3, -0.25) is 0 Å². The van der Waals surface area contributed by atoms with Gasteiger partial charge in [-0.05, 0) is 23.6 Å². The van der Waals surface area contributed by atoms with E-state index in [9.17, 15) is 0 Å². The average Bonchev–Trinajstić information content (AvgIpc) is 2.61. The molecule has 2 rings (SSSR count). The molecule has 0 amide bonds. The maximum absolute atomic E-state index is 8.98. The molecule has 3 nitrogen and oxygen atoms in total. The minimum absolute atomic E-state index is 0.104. The standard InChI is InChI=1S/C11H15NO2/c13-6-5-12-4-3-10-7-9(8-14)1-2-11(10)12/h1-2,7,13-14H,3-6,8H2. The third-order valence-corrected chi connectivity index (χ3v) is 2.69. The highest BCUT2D eigenvalue weighted by atomic mass is 16.3. The van der Waals surface area contributed by atoms with E-state index in [4.69, 9.17) is 10.2 Å². The van der Waals surface area contributed by atoms with E-state index < -0.39 is 0 Å². The SMILES string of the molecule is OCCN1CCc2cc(CO)ccc21. The quantitative estimate of drug-likeness (QED) is 0.736. The zero-order chi connectivity index (χ0) is 9.97. The van der Waals surface area contributed by atoms with Crippen LogP contribution in [0.15, 0.2) is 18.2 Å². The van der Waals surface area contributed by atoms with Crippen LogP contribution in [0, 0.1) is 0 Å². The van der Waals surface area contributed by atoms with Gasteiger partial charge in [0, 0.05) is 18.8 Å². The second-order valence-electron chi connectivity index (χ2n) is 3.58. The molecular weight excluding hydrogens is 178 g/mol.